The van der Waals surface area contributed by atoms with Crippen molar-refractivity contribution >= 4 is 0 Å². The molecular formula is C15H25NO2. The van der Waals surface area contributed by atoms with Gasteiger partial charge in [0.1, 0.15) is 0 Å². The fourth-order valence-electron chi connectivity index (χ4n) is 1.92. The van der Waals surface area contributed by atoms with Crippen molar-refractivity contribution in [2.24, 2.45) is 0 Å². The Labute approximate surface area is 110 Å². The fourth-order valence-corrected chi connectivity index (χ4v) is 1.92. The average Bonchev–Trinajstić information content (AvgIpc) is 2.44. The maximum absolute atomic E-state index is 10.2. The summed E-state index contributed by atoms with van der Waals surface area (Å²) in [4.78, 5) is 0. The molecule has 3 heteroatoms. The number of nitrogens with one attached hydrogen (secondary N) is 1. The second-order valence-corrected chi connectivity index (χ2v) is 4.94. The van der Waals surface area contributed by atoms with Gasteiger partial charge in [0, 0.05) is 12.6 Å². The molecule has 1 unspecified atom stereocenters. The second kappa shape index (κ2) is 6.88. The molecule has 3 nitrogen and oxygen atoms in total. The fraction of sp³-hybridized carbons (Fsp3) is 0.600. The number of aliphatic hydroxyl groups is 2. The summed E-state index contributed by atoms with van der Waals surface area (Å²) in [6.07, 6.45) is 1.50. The van der Waals surface area contributed by atoms with Crippen LogP contribution in [0.5, 0.6) is 0 Å². The Bertz CT molecular complexity index is 361. The van der Waals surface area contributed by atoms with Gasteiger partial charge in [-0.15, -0.1) is 0 Å². The Morgan fingerprint density at radius 1 is 1.28 bits per heavy atom. The molecule has 0 radical (unpaired) electrons. The lowest BCUT2D eigenvalue weighted by Crippen LogP contribution is -2.40. The predicted molar refractivity (Wildman–Crippen MR) is 74.3 cm³/mol. The highest BCUT2D eigenvalue weighted by Gasteiger charge is 2.22. The van der Waals surface area contributed by atoms with Crippen molar-refractivity contribution in [3.05, 3.63) is 35.4 Å². The standard InChI is InChI=1S/C15H25NO2/c1-4-15(18,5-2)11-16-12(3)14-8-6-7-13(9-14)10-17/h6-9,12,16-18H,4-5,10-11H2,1-3H3. The molecule has 0 aliphatic heterocycles. The molecule has 0 saturated carbocycles. The van der Waals surface area contributed by atoms with Gasteiger partial charge in [-0.2, -0.15) is 0 Å². The van der Waals surface area contributed by atoms with E-state index in [1.54, 1.807) is 0 Å². The minimum absolute atomic E-state index is 0.0639. The summed E-state index contributed by atoms with van der Waals surface area (Å²) in [5, 5.41) is 22.7. The zero-order valence-electron chi connectivity index (χ0n) is 11.6. The molecule has 0 bridgehead atoms. The Hall–Kier alpha value is -0.900. The summed E-state index contributed by atoms with van der Waals surface area (Å²) in [7, 11) is 0. The molecule has 18 heavy (non-hydrogen) atoms. The van der Waals surface area contributed by atoms with Crippen LogP contribution in [0.3, 0.4) is 0 Å². The number of rotatable bonds is 7. The van der Waals surface area contributed by atoms with Gasteiger partial charge in [-0.05, 0) is 30.9 Å². The second-order valence-electron chi connectivity index (χ2n) is 4.94. The summed E-state index contributed by atoms with van der Waals surface area (Å²) >= 11 is 0. The zero-order valence-corrected chi connectivity index (χ0v) is 11.6. The lowest BCUT2D eigenvalue weighted by molar-refractivity contribution is 0.0303. The van der Waals surface area contributed by atoms with E-state index in [1.807, 2.05) is 38.1 Å². The van der Waals surface area contributed by atoms with Crippen LogP contribution in [0.25, 0.3) is 0 Å². The molecule has 0 spiro atoms. The molecule has 102 valence electrons. The van der Waals surface area contributed by atoms with Crippen molar-refractivity contribution in [2.45, 2.75) is 51.9 Å². The van der Waals surface area contributed by atoms with E-state index in [9.17, 15) is 5.11 Å². The van der Waals surface area contributed by atoms with Gasteiger partial charge in [-0.25, -0.2) is 0 Å². The monoisotopic (exact) mass is 251 g/mol. The molecule has 0 saturated heterocycles. The van der Waals surface area contributed by atoms with Crippen LogP contribution in [-0.2, 0) is 6.61 Å². The van der Waals surface area contributed by atoms with Crippen molar-refractivity contribution in [2.75, 3.05) is 6.54 Å². The highest BCUT2D eigenvalue weighted by Crippen LogP contribution is 2.18. The van der Waals surface area contributed by atoms with Gasteiger partial charge < -0.3 is 15.5 Å². The Morgan fingerprint density at radius 2 is 1.94 bits per heavy atom. The van der Waals surface area contributed by atoms with E-state index in [1.165, 1.54) is 0 Å². The Morgan fingerprint density at radius 3 is 2.50 bits per heavy atom. The summed E-state index contributed by atoms with van der Waals surface area (Å²) in [5.74, 6) is 0. The van der Waals surface area contributed by atoms with Crippen LogP contribution in [0.4, 0.5) is 0 Å². The summed E-state index contributed by atoms with van der Waals surface area (Å²) in [6, 6.07) is 8.05. The molecule has 1 aromatic carbocycles. The van der Waals surface area contributed by atoms with Crippen LogP contribution in [0.15, 0.2) is 24.3 Å². The SMILES string of the molecule is CCC(O)(CC)CNC(C)c1cccc(CO)c1. The van der Waals surface area contributed by atoms with Gasteiger partial charge >= 0.3 is 0 Å². The van der Waals surface area contributed by atoms with Gasteiger partial charge in [0.05, 0.1) is 12.2 Å². The van der Waals surface area contributed by atoms with E-state index in [4.69, 9.17) is 5.11 Å². The van der Waals surface area contributed by atoms with Crippen LogP contribution in [-0.4, -0.2) is 22.4 Å². The van der Waals surface area contributed by atoms with E-state index in [0.717, 1.165) is 24.0 Å². The van der Waals surface area contributed by atoms with Gasteiger partial charge in [0.25, 0.3) is 0 Å². The van der Waals surface area contributed by atoms with Crippen molar-refractivity contribution < 1.29 is 10.2 Å². The third-order valence-electron chi connectivity index (χ3n) is 3.69. The maximum atomic E-state index is 10.2. The summed E-state index contributed by atoms with van der Waals surface area (Å²) < 4.78 is 0. The van der Waals surface area contributed by atoms with E-state index < -0.39 is 5.60 Å². The lowest BCUT2D eigenvalue weighted by atomic mass is 9.96. The number of aliphatic hydroxyl groups excluding tert-OH is 1. The average molecular weight is 251 g/mol. The third-order valence-corrected chi connectivity index (χ3v) is 3.69. The first kappa shape index (κ1) is 15.2. The largest absolute Gasteiger partial charge is 0.392 e. The number of hydrogen-bond donors (Lipinski definition) is 3. The quantitative estimate of drug-likeness (QED) is 0.697. The van der Waals surface area contributed by atoms with Gasteiger partial charge in [0.15, 0.2) is 0 Å². The topological polar surface area (TPSA) is 52.5 Å². The molecule has 0 amide bonds. The van der Waals surface area contributed by atoms with E-state index in [0.29, 0.717) is 6.54 Å². The van der Waals surface area contributed by atoms with E-state index in [-0.39, 0.29) is 12.6 Å². The first-order chi connectivity index (χ1) is 8.54. The van der Waals surface area contributed by atoms with Crippen LogP contribution in [0.1, 0.15) is 50.8 Å². The minimum atomic E-state index is -0.622. The van der Waals surface area contributed by atoms with Gasteiger partial charge in [-0.3, -0.25) is 0 Å². The lowest BCUT2D eigenvalue weighted by Gasteiger charge is -2.27. The molecule has 1 rings (SSSR count). The molecule has 0 aliphatic rings. The van der Waals surface area contributed by atoms with E-state index >= 15 is 0 Å². The minimum Gasteiger partial charge on any atom is -0.392 e. The van der Waals surface area contributed by atoms with Crippen molar-refractivity contribution in [1.82, 2.24) is 5.32 Å². The molecule has 0 heterocycles. The molecule has 1 aromatic rings. The predicted octanol–water partition coefficient (Wildman–Crippen LogP) is 2.38. The third kappa shape index (κ3) is 4.09. The van der Waals surface area contributed by atoms with Crippen LogP contribution < -0.4 is 5.32 Å². The van der Waals surface area contributed by atoms with Crippen LogP contribution in [0, 0.1) is 0 Å². The van der Waals surface area contributed by atoms with Crippen molar-refractivity contribution in [1.29, 1.82) is 0 Å². The molecule has 3 N–H and O–H groups in total. The van der Waals surface area contributed by atoms with E-state index in [2.05, 4.69) is 12.2 Å². The smallest absolute Gasteiger partial charge is 0.0766 e. The van der Waals surface area contributed by atoms with Crippen LogP contribution >= 0.6 is 0 Å². The van der Waals surface area contributed by atoms with Crippen molar-refractivity contribution in [3.8, 4) is 0 Å². The number of benzene rings is 1. The molecule has 0 aliphatic carbocycles. The van der Waals surface area contributed by atoms with Gasteiger partial charge in [0.2, 0.25) is 0 Å². The maximum Gasteiger partial charge on any atom is 0.0766 e. The Kier molecular flexibility index (Phi) is 5.79. The summed E-state index contributed by atoms with van der Waals surface area (Å²) in [6.45, 7) is 6.73. The first-order valence-electron chi connectivity index (χ1n) is 6.70. The zero-order chi connectivity index (χ0) is 13.6. The number of hydrogen-bond acceptors (Lipinski definition) is 3. The molecule has 1 atom stereocenters. The summed E-state index contributed by atoms with van der Waals surface area (Å²) in [5.41, 5.74) is 1.43. The van der Waals surface area contributed by atoms with Crippen molar-refractivity contribution in [3.63, 3.8) is 0 Å². The highest BCUT2D eigenvalue weighted by atomic mass is 16.3. The molecule has 0 aromatic heterocycles. The van der Waals surface area contributed by atoms with Crippen LogP contribution in [0.2, 0.25) is 0 Å². The molecular weight excluding hydrogens is 226 g/mol. The Balaban J connectivity index is 2.62. The normalized spacial score (nSPS) is 13.6. The highest BCUT2D eigenvalue weighted by molar-refractivity contribution is 5.25. The van der Waals surface area contributed by atoms with Gasteiger partial charge in [-0.1, -0.05) is 38.1 Å². The molecule has 0 fully saturated rings. The first-order valence-corrected chi connectivity index (χ1v) is 6.70.